The van der Waals surface area contributed by atoms with E-state index in [1.807, 2.05) is 37.8 Å². The smallest absolute Gasteiger partial charge is 0.0945 e. The van der Waals surface area contributed by atoms with Gasteiger partial charge in [0.15, 0.2) is 0 Å². The van der Waals surface area contributed by atoms with E-state index >= 15 is 0 Å². The first kappa shape index (κ1) is 15.9. The van der Waals surface area contributed by atoms with E-state index in [0.717, 1.165) is 24.9 Å². The van der Waals surface area contributed by atoms with Gasteiger partial charge in [0.1, 0.15) is 0 Å². The van der Waals surface area contributed by atoms with Crippen LogP contribution in [0, 0.1) is 11.8 Å². The van der Waals surface area contributed by atoms with Crippen molar-refractivity contribution in [2.24, 2.45) is 18.9 Å². The van der Waals surface area contributed by atoms with Crippen molar-refractivity contribution in [3.05, 3.63) is 54.1 Å². The summed E-state index contributed by atoms with van der Waals surface area (Å²) in [6, 6.07) is 10.3. The monoisotopic (exact) mass is 325 g/mol. The molecule has 128 valence electrons. The minimum Gasteiger partial charge on any atom is -0.385 e. The molecule has 3 aliphatic heterocycles. The Kier molecular flexibility index (Phi) is 4.19. The third-order valence-corrected chi connectivity index (χ3v) is 6.22. The number of hydrogen-bond donors (Lipinski definition) is 1. The van der Waals surface area contributed by atoms with Crippen LogP contribution in [0.2, 0.25) is 0 Å². The summed E-state index contributed by atoms with van der Waals surface area (Å²) in [5, 5.41) is 11.9. The fourth-order valence-corrected chi connectivity index (χ4v) is 4.72. The van der Waals surface area contributed by atoms with E-state index in [1.165, 1.54) is 31.6 Å². The average Bonchev–Trinajstić information content (AvgIpc) is 3.06. The summed E-state index contributed by atoms with van der Waals surface area (Å²) in [5.41, 5.74) is 1.51. The van der Waals surface area contributed by atoms with E-state index in [2.05, 4.69) is 26.6 Å². The summed E-state index contributed by atoms with van der Waals surface area (Å²) >= 11 is 0. The Morgan fingerprint density at radius 3 is 2.54 bits per heavy atom. The second kappa shape index (κ2) is 6.34. The zero-order valence-corrected chi connectivity index (χ0v) is 14.4. The van der Waals surface area contributed by atoms with Crippen LogP contribution in [0.15, 0.2) is 42.9 Å². The number of aryl methyl sites for hydroxylation is 2. The van der Waals surface area contributed by atoms with Crippen LogP contribution in [-0.4, -0.2) is 39.2 Å². The maximum atomic E-state index is 11.9. The summed E-state index contributed by atoms with van der Waals surface area (Å²) in [7, 11) is 2.03. The van der Waals surface area contributed by atoms with Crippen LogP contribution in [0.1, 0.15) is 30.5 Å². The van der Waals surface area contributed by atoms with Gasteiger partial charge < -0.3 is 14.6 Å². The van der Waals surface area contributed by atoms with Gasteiger partial charge in [-0.05, 0) is 50.3 Å². The molecule has 24 heavy (non-hydrogen) atoms. The molecule has 2 unspecified atom stereocenters. The van der Waals surface area contributed by atoms with Crippen LogP contribution in [0.4, 0.5) is 0 Å². The highest BCUT2D eigenvalue weighted by atomic mass is 16.3. The zero-order valence-electron chi connectivity index (χ0n) is 14.4. The van der Waals surface area contributed by atoms with Crippen LogP contribution < -0.4 is 0 Å². The molecule has 1 aromatic heterocycles. The van der Waals surface area contributed by atoms with E-state index in [0.29, 0.717) is 11.8 Å². The predicted molar refractivity (Wildman–Crippen MR) is 94.5 cm³/mol. The van der Waals surface area contributed by atoms with Crippen molar-refractivity contribution in [2.75, 3.05) is 19.6 Å². The number of rotatable bonds is 5. The van der Waals surface area contributed by atoms with Gasteiger partial charge >= 0.3 is 0 Å². The van der Waals surface area contributed by atoms with E-state index in [9.17, 15) is 5.11 Å². The fourth-order valence-electron chi connectivity index (χ4n) is 4.72. The molecular weight excluding hydrogens is 298 g/mol. The molecule has 3 aliphatic rings. The molecule has 3 saturated heterocycles. The SMILES string of the molecule is Cn1cncc1CCC(O)(c1ccccc1)C1CN2CCC1CC2. The summed E-state index contributed by atoms with van der Waals surface area (Å²) < 4.78 is 2.06. The van der Waals surface area contributed by atoms with Crippen LogP contribution in [-0.2, 0) is 19.1 Å². The highest BCUT2D eigenvalue weighted by molar-refractivity contribution is 5.25. The highest BCUT2D eigenvalue weighted by Gasteiger charge is 2.47. The van der Waals surface area contributed by atoms with Gasteiger partial charge in [0, 0.05) is 31.4 Å². The number of imidazole rings is 1. The van der Waals surface area contributed by atoms with E-state index in [4.69, 9.17) is 0 Å². The molecule has 1 aromatic carbocycles. The molecule has 0 amide bonds. The number of benzene rings is 1. The Morgan fingerprint density at radius 2 is 1.96 bits per heavy atom. The Bertz CT molecular complexity index is 675. The standard InChI is InChI=1S/C20H27N3O/c1-22-15-21-13-18(22)7-10-20(24,17-5-3-2-4-6-17)19-14-23-11-8-16(19)9-12-23/h2-6,13,15-16,19,24H,7-12,14H2,1H3. The Hall–Kier alpha value is -1.65. The number of piperidine rings is 3. The topological polar surface area (TPSA) is 41.3 Å². The fraction of sp³-hybridized carbons (Fsp3) is 0.550. The molecule has 5 rings (SSSR count). The Morgan fingerprint density at radius 1 is 1.21 bits per heavy atom. The van der Waals surface area contributed by atoms with Crippen LogP contribution in [0.3, 0.4) is 0 Å². The molecule has 2 bridgehead atoms. The normalized spacial score (nSPS) is 28.7. The van der Waals surface area contributed by atoms with Gasteiger partial charge in [-0.2, -0.15) is 0 Å². The molecule has 3 fully saturated rings. The third kappa shape index (κ3) is 2.78. The van der Waals surface area contributed by atoms with E-state index < -0.39 is 5.60 Å². The molecular formula is C20H27N3O. The lowest BCUT2D eigenvalue weighted by Gasteiger charge is -2.51. The van der Waals surface area contributed by atoms with Crippen LogP contribution in [0.25, 0.3) is 0 Å². The maximum absolute atomic E-state index is 11.9. The van der Waals surface area contributed by atoms with Crippen molar-refractivity contribution in [1.82, 2.24) is 14.5 Å². The van der Waals surface area contributed by atoms with Crippen molar-refractivity contribution < 1.29 is 5.11 Å². The predicted octanol–water partition coefficient (Wildman–Crippen LogP) is 2.58. The lowest BCUT2D eigenvalue weighted by molar-refractivity contribution is -0.106. The highest BCUT2D eigenvalue weighted by Crippen LogP contribution is 2.45. The zero-order chi connectivity index (χ0) is 16.6. The minimum atomic E-state index is -0.755. The Labute approximate surface area is 144 Å². The number of fused-ring (bicyclic) bond motifs is 3. The second-order valence-corrected chi connectivity index (χ2v) is 7.53. The van der Waals surface area contributed by atoms with Gasteiger partial charge in [0.25, 0.3) is 0 Å². The summed E-state index contributed by atoms with van der Waals surface area (Å²) in [6.45, 7) is 3.43. The molecule has 2 atom stereocenters. The van der Waals surface area contributed by atoms with Crippen molar-refractivity contribution in [1.29, 1.82) is 0 Å². The molecule has 1 N–H and O–H groups in total. The average molecular weight is 325 g/mol. The van der Waals surface area contributed by atoms with E-state index in [1.54, 1.807) is 0 Å². The number of aliphatic hydroxyl groups is 1. The summed E-state index contributed by atoms with van der Waals surface area (Å²) in [5.74, 6) is 0.974. The second-order valence-electron chi connectivity index (χ2n) is 7.53. The minimum absolute atomic E-state index is 0.329. The number of hydrogen-bond acceptors (Lipinski definition) is 3. The third-order valence-electron chi connectivity index (χ3n) is 6.22. The largest absolute Gasteiger partial charge is 0.385 e. The number of aromatic nitrogens is 2. The summed E-state index contributed by atoms with van der Waals surface area (Å²) in [6.07, 6.45) is 7.82. The van der Waals surface area contributed by atoms with Crippen molar-refractivity contribution in [2.45, 2.75) is 31.3 Å². The molecule has 4 heteroatoms. The molecule has 4 nitrogen and oxygen atoms in total. The van der Waals surface area contributed by atoms with Gasteiger partial charge in [0.2, 0.25) is 0 Å². The molecule has 4 heterocycles. The van der Waals surface area contributed by atoms with Crippen molar-refractivity contribution in [3.8, 4) is 0 Å². The lowest BCUT2D eigenvalue weighted by Crippen LogP contribution is -2.55. The molecule has 2 aromatic rings. The van der Waals surface area contributed by atoms with Gasteiger partial charge in [-0.3, -0.25) is 0 Å². The van der Waals surface area contributed by atoms with Gasteiger partial charge in [-0.25, -0.2) is 4.98 Å². The van der Waals surface area contributed by atoms with Crippen molar-refractivity contribution >= 4 is 0 Å². The first-order valence-electron chi connectivity index (χ1n) is 9.12. The first-order valence-corrected chi connectivity index (χ1v) is 9.12. The quantitative estimate of drug-likeness (QED) is 0.919. The molecule has 0 spiro atoms. The first-order chi connectivity index (χ1) is 11.7. The van der Waals surface area contributed by atoms with Crippen molar-refractivity contribution in [3.63, 3.8) is 0 Å². The lowest BCUT2D eigenvalue weighted by atomic mass is 9.66. The maximum Gasteiger partial charge on any atom is 0.0945 e. The van der Waals surface area contributed by atoms with Gasteiger partial charge in [-0.1, -0.05) is 30.3 Å². The Balaban J connectivity index is 1.63. The summed E-state index contributed by atoms with van der Waals surface area (Å²) in [4.78, 5) is 6.75. The van der Waals surface area contributed by atoms with Gasteiger partial charge in [-0.15, -0.1) is 0 Å². The van der Waals surface area contributed by atoms with E-state index in [-0.39, 0.29) is 0 Å². The molecule has 0 saturated carbocycles. The molecule has 0 aliphatic carbocycles. The van der Waals surface area contributed by atoms with Gasteiger partial charge in [0.05, 0.1) is 11.9 Å². The number of nitrogens with zero attached hydrogens (tertiary/aromatic N) is 3. The molecule has 0 radical (unpaired) electrons. The van der Waals surface area contributed by atoms with Crippen LogP contribution >= 0.6 is 0 Å². The van der Waals surface area contributed by atoms with Crippen LogP contribution in [0.5, 0.6) is 0 Å².